The van der Waals surface area contributed by atoms with Crippen LogP contribution in [0.3, 0.4) is 0 Å². The van der Waals surface area contributed by atoms with Gasteiger partial charge in [-0.05, 0) is 13.8 Å². The number of hydrogen-bond acceptors (Lipinski definition) is 2. The summed E-state index contributed by atoms with van der Waals surface area (Å²) < 4.78 is 0. The van der Waals surface area contributed by atoms with Gasteiger partial charge in [0.25, 0.3) is 0 Å². The summed E-state index contributed by atoms with van der Waals surface area (Å²) in [7, 11) is 0. The molecule has 55 valence electrons. The zero-order chi connectivity index (χ0) is 7.28. The fourth-order valence-electron chi connectivity index (χ4n) is 0.522. The SMILES string of the molecule is CCN(CC)/[N+]([O-])=N/O.[Na]. The van der Waals surface area contributed by atoms with Crippen molar-refractivity contribution in [3.63, 3.8) is 0 Å². The van der Waals surface area contributed by atoms with Gasteiger partial charge in [-0.15, -0.1) is 5.01 Å². The van der Waals surface area contributed by atoms with Crippen molar-refractivity contribution < 1.29 is 10.2 Å². The molecule has 0 heterocycles. The molecule has 0 spiro atoms. The van der Waals surface area contributed by atoms with Crippen LogP contribution in [0.25, 0.3) is 0 Å². The first-order chi connectivity index (χ1) is 4.26. The number of hydrazine groups is 1. The minimum atomic E-state index is 0. The molecule has 0 rings (SSSR count). The summed E-state index contributed by atoms with van der Waals surface area (Å²) in [6, 6.07) is 0. The van der Waals surface area contributed by atoms with Gasteiger partial charge in [-0.3, -0.25) is 0 Å². The molecule has 0 fully saturated rings. The zero-order valence-corrected chi connectivity index (χ0v) is 8.61. The molecule has 0 aromatic rings. The minimum Gasteiger partial charge on any atom is -0.569 e. The maximum atomic E-state index is 10.4. The third-order valence-electron chi connectivity index (χ3n) is 1.05. The van der Waals surface area contributed by atoms with Crippen LogP contribution in [0.1, 0.15) is 13.8 Å². The van der Waals surface area contributed by atoms with Gasteiger partial charge in [0.15, 0.2) is 0 Å². The van der Waals surface area contributed by atoms with E-state index < -0.39 is 0 Å². The molecule has 0 saturated carbocycles. The Hall–Kier alpha value is 0. The molecule has 0 aliphatic carbocycles. The Kier molecular flexibility index (Phi) is 9.00. The third kappa shape index (κ3) is 3.92. The summed E-state index contributed by atoms with van der Waals surface area (Å²) in [5.74, 6) is 0. The van der Waals surface area contributed by atoms with E-state index in [1.165, 1.54) is 5.01 Å². The van der Waals surface area contributed by atoms with Crippen LogP contribution in [0, 0.1) is 5.21 Å². The van der Waals surface area contributed by atoms with E-state index in [1.54, 1.807) is 13.8 Å². The number of rotatable bonds is 3. The zero-order valence-electron chi connectivity index (χ0n) is 6.61. The average Bonchev–Trinajstić information content (AvgIpc) is 1.90. The summed E-state index contributed by atoms with van der Waals surface area (Å²) >= 11 is 0. The molecule has 0 saturated heterocycles. The van der Waals surface area contributed by atoms with Crippen molar-refractivity contribution in [2.75, 3.05) is 13.1 Å². The first-order valence-electron chi connectivity index (χ1n) is 2.83. The van der Waals surface area contributed by atoms with Crippen molar-refractivity contribution in [1.82, 2.24) is 5.01 Å². The fraction of sp³-hybridized carbons (Fsp3) is 1.00. The quantitative estimate of drug-likeness (QED) is 0.275. The van der Waals surface area contributed by atoms with Gasteiger partial charge in [0, 0.05) is 29.6 Å². The Balaban J connectivity index is 0. The van der Waals surface area contributed by atoms with Gasteiger partial charge in [-0.25, -0.2) is 0 Å². The van der Waals surface area contributed by atoms with E-state index >= 15 is 0 Å². The molecule has 0 aromatic heterocycles. The predicted octanol–water partition coefficient (Wildman–Crippen LogP) is 0.214. The monoisotopic (exact) mass is 156 g/mol. The van der Waals surface area contributed by atoms with Crippen LogP contribution in [0.5, 0.6) is 0 Å². The maximum Gasteiger partial charge on any atom is 0.230 e. The molecule has 0 atom stereocenters. The van der Waals surface area contributed by atoms with Crippen LogP contribution in [-0.4, -0.2) is 57.8 Å². The van der Waals surface area contributed by atoms with Crippen molar-refractivity contribution in [3.05, 3.63) is 5.21 Å². The Morgan fingerprint density at radius 2 is 1.90 bits per heavy atom. The van der Waals surface area contributed by atoms with Gasteiger partial charge in [0.05, 0.1) is 18.1 Å². The molecule has 0 aliphatic heterocycles. The van der Waals surface area contributed by atoms with Crippen molar-refractivity contribution in [2.45, 2.75) is 13.8 Å². The Morgan fingerprint density at radius 3 is 2.00 bits per heavy atom. The topological polar surface area (TPSA) is 61.9 Å². The second kappa shape index (κ2) is 7.11. The van der Waals surface area contributed by atoms with Gasteiger partial charge in [0.1, 0.15) is 0 Å². The summed E-state index contributed by atoms with van der Waals surface area (Å²) in [5, 5.41) is 22.1. The fourth-order valence-corrected chi connectivity index (χ4v) is 0.522. The molecule has 6 heteroatoms. The van der Waals surface area contributed by atoms with E-state index in [0.29, 0.717) is 13.1 Å². The van der Waals surface area contributed by atoms with Crippen LogP contribution >= 0.6 is 0 Å². The second-order valence-corrected chi connectivity index (χ2v) is 1.48. The molecule has 5 nitrogen and oxygen atoms in total. The molecule has 0 bridgehead atoms. The standard InChI is InChI=1S/C4H11N3O2.Na/c1-3-6(4-2)7(9)5-8;/h8H,3-4H2,1-2H3;/b7-5-;. The normalized spacial score (nSPS) is 10.4. The number of hydrogen-bond donors (Lipinski definition) is 1. The third-order valence-corrected chi connectivity index (χ3v) is 1.05. The minimum absolute atomic E-state index is 0. The molecule has 1 radical (unpaired) electrons. The first kappa shape index (κ1) is 12.7. The summed E-state index contributed by atoms with van der Waals surface area (Å²) in [6.45, 7) is 4.70. The Labute approximate surface area is 82.1 Å². The van der Waals surface area contributed by atoms with Gasteiger partial charge < -0.3 is 10.4 Å². The van der Waals surface area contributed by atoms with Crippen molar-refractivity contribution >= 4 is 29.6 Å². The van der Waals surface area contributed by atoms with Crippen LogP contribution in [0.15, 0.2) is 5.28 Å². The van der Waals surface area contributed by atoms with Crippen LogP contribution < -0.4 is 0 Å². The molecule has 0 unspecified atom stereocenters. The molecular formula is C4H11N3NaO2. The van der Waals surface area contributed by atoms with Crippen LogP contribution in [0.2, 0.25) is 0 Å². The maximum absolute atomic E-state index is 10.4. The summed E-state index contributed by atoms with van der Waals surface area (Å²) in [4.78, 5) is 0.167. The van der Waals surface area contributed by atoms with E-state index in [1.807, 2.05) is 0 Å². The largest absolute Gasteiger partial charge is 0.569 e. The molecule has 10 heavy (non-hydrogen) atoms. The van der Waals surface area contributed by atoms with E-state index in [9.17, 15) is 5.21 Å². The molecule has 1 N–H and O–H groups in total. The van der Waals surface area contributed by atoms with E-state index in [4.69, 9.17) is 5.21 Å². The molecule has 0 aliphatic rings. The number of nitrogens with zero attached hydrogens (tertiary/aromatic N) is 3. The van der Waals surface area contributed by atoms with Crippen molar-refractivity contribution in [2.24, 2.45) is 5.28 Å². The van der Waals surface area contributed by atoms with E-state index in [-0.39, 0.29) is 34.5 Å². The summed E-state index contributed by atoms with van der Waals surface area (Å²) in [5.41, 5.74) is 0. The van der Waals surface area contributed by atoms with Crippen LogP contribution in [-0.2, 0) is 0 Å². The Bertz CT molecular complexity index is 105. The van der Waals surface area contributed by atoms with Gasteiger partial charge >= 0.3 is 0 Å². The molecule has 0 aromatic carbocycles. The van der Waals surface area contributed by atoms with Crippen molar-refractivity contribution in [3.8, 4) is 0 Å². The predicted molar refractivity (Wildman–Crippen MR) is 36.5 cm³/mol. The Morgan fingerprint density at radius 1 is 1.50 bits per heavy atom. The molecular weight excluding hydrogens is 145 g/mol. The smallest absolute Gasteiger partial charge is 0.230 e. The van der Waals surface area contributed by atoms with Crippen LogP contribution in [0.4, 0.5) is 0 Å². The van der Waals surface area contributed by atoms with Gasteiger partial charge in [0.2, 0.25) is 5.28 Å². The van der Waals surface area contributed by atoms with Gasteiger partial charge in [-0.1, -0.05) is 0 Å². The average molecular weight is 156 g/mol. The van der Waals surface area contributed by atoms with Gasteiger partial charge in [-0.2, -0.15) is 0 Å². The van der Waals surface area contributed by atoms with Crippen molar-refractivity contribution in [1.29, 1.82) is 0 Å². The van der Waals surface area contributed by atoms with E-state index in [0.717, 1.165) is 0 Å². The summed E-state index contributed by atoms with van der Waals surface area (Å²) in [6.07, 6.45) is 0. The van der Waals surface area contributed by atoms with E-state index in [2.05, 4.69) is 5.28 Å². The molecule has 0 amide bonds. The first-order valence-corrected chi connectivity index (χ1v) is 2.83. The second-order valence-electron chi connectivity index (χ2n) is 1.48.